The summed E-state index contributed by atoms with van der Waals surface area (Å²) in [5.74, 6) is 1.18. The van der Waals surface area contributed by atoms with Gasteiger partial charge in [-0.25, -0.2) is 9.97 Å². The largest absolute Gasteiger partial charge is 0.381 e. The molecule has 0 amide bonds. The van der Waals surface area contributed by atoms with Gasteiger partial charge in [0.2, 0.25) is 0 Å². The molecule has 4 heterocycles. The number of fused-ring (bicyclic) bond motifs is 3. The molecule has 5 heteroatoms. The van der Waals surface area contributed by atoms with Gasteiger partial charge in [0.25, 0.3) is 0 Å². The molecule has 1 aliphatic carbocycles. The first-order chi connectivity index (χ1) is 11.9. The molecule has 0 spiro atoms. The van der Waals surface area contributed by atoms with Crippen molar-refractivity contribution in [3.63, 3.8) is 0 Å². The van der Waals surface area contributed by atoms with Gasteiger partial charge in [0.15, 0.2) is 11.3 Å². The highest BCUT2D eigenvalue weighted by Crippen LogP contribution is 2.35. The standard InChI is InChI=1S/C19H24N4O/c1-2-4-14(5-3-1)16-12-23-17(22-16)11-21-19-18(23)15(10-20-19)13-6-8-24-9-7-13/h10-14,20H,1-9H2. The van der Waals surface area contributed by atoms with Gasteiger partial charge in [0.05, 0.1) is 17.4 Å². The summed E-state index contributed by atoms with van der Waals surface area (Å²) in [5.41, 5.74) is 5.80. The van der Waals surface area contributed by atoms with Gasteiger partial charge in [0, 0.05) is 31.5 Å². The molecule has 0 bridgehead atoms. The number of rotatable bonds is 2. The van der Waals surface area contributed by atoms with Crippen LogP contribution in [0.3, 0.4) is 0 Å². The van der Waals surface area contributed by atoms with Gasteiger partial charge in [-0.15, -0.1) is 0 Å². The third-order valence-electron chi connectivity index (χ3n) is 5.85. The molecule has 126 valence electrons. The summed E-state index contributed by atoms with van der Waals surface area (Å²) >= 11 is 0. The molecule has 0 aromatic carbocycles. The van der Waals surface area contributed by atoms with Crippen LogP contribution in [-0.4, -0.2) is 32.6 Å². The summed E-state index contributed by atoms with van der Waals surface area (Å²) in [4.78, 5) is 12.9. The molecule has 0 unspecified atom stereocenters. The van der Waals surface area contributed by atoms with Gasteiger partial charge in [-0.05, 0) is 37.2 Å². The van der Waals surface area contributed by atoms with E-state index in [1.807, 2.05) is 6.20 Å². The second-order valence-corrected chi connectivity index (χ2v) is 7.31. The van der Waals surface area contributed by atoms with Crippen LogP contribution in [0.25, 0.3) is 16.8 Å². The summed E-state index contributed by atoms with van der Waals surface area (Å²) < 4.78 is 7.81. The van der Waals surface area contributed by atoms with Crippen LogP contribution in [0.4, 0.5) is 0 Å². The molecule has 2 fully saturated rings. The van der Waals surface area contributed by atoms with Crippen molar-refractivity contribution in [3.8, 4) is 0 Å². The Balaban J connectivity index is 1.62. The number of aromatic amines is 1. The molecule has 24 heavy (non-hydrogen) atoms. The zero-order chi connectivity index (χ0) is 15.9. The van der Waals surface area contributed by atoms with Gasteiger partial charge in [-0.2, -0.15) is 0 Å². The number of hydrogen-bond acceptors (Lipinski definition) is 3. The summed E-state index contributed by atoms with van der Waals surface area (Å²) in [7, 11) is 0. The molecule has 3 aromatic heterocycles. The van der Waals surface area contributed by atoms with Crippen LogP contribution in [0.5, 0.6) is 0 Å². The van der Waals surface area contributed by atoms with Crippen LogP contribution in [0, 0.1) is 0 Å². The molecule has 5 nitrogen and oxygen atoms in total. The van der Waals surface area contributed by atoms with Crippen LogP contribution in [0.2, 0.25) is 0 Å². The number of H-pyrrole nitrogens is 1. The highest BCUT2D eigenvalue weighted by atomic mass is 16.5. The average Bonchev–Trinajstić information content (AvgIpc) is 3.27. The fourth-order valence-electron chi connectivity index (χ4n) is 4.49. The fourth-order valence-corrected chi connectivity index (χ4v) is 4.49. The Morgan fingerprint density at radius 3 is 2.71 bits per heavy atom. The Hall–Kier alpha value is -1.88. The zero-order valence-electron chi connectivity index (χ0n) is 14.0. The Labute approximate surface area is 141 Å². The number of imidazole rings is 1. The van der Waals surface area contributed by atoms with Gasteiger partial charge in [-0.3, -0.25) is 4.40 Å². The quantitative estimate of drug-likeness (QED) is 0.770. The lowest BCUT2D eigenvalue weighted by atomic mass is 9.87. The first-order valence-electron chi connectivity index (χ1n) is 9.33. The molecule has 5 rings (SSSR count). The van der Waals surface area contributed by atoms with E-state index in [1.54, 1.807) is 0 Å². The third-order valence-corrected chi connectivity index (χ3v) is 5.85. The van der Waals surface area contributed by atoms with E-state index in [-0.39, 0.29) is 0 Å². The molecule has 0 radical (unpaired) electrons. The fraction of sp³-hybridized carbons (Fsp3) is 0.579. The molecular formula is C19H24N4O. The van der Waals surface area contributed by atoms with Crippen LogP contribution in [-0.2, 0) is 4.74 Å². The maximum Gasteiger partial charge on any atom is 0.156 e. The van der Waals surface area contributed by atoms with Crippen molar-refractivity contribution in [3.05, 3.63) is 29.8 Å². The van der Waals surface area contributed by atoms with Crippen molar-refractivity contribution in [1.82, 2.24) is 19.4 Å². The van der Waals surface area contributed by atoms with Gasteiger partial charge >= 0.3 is 0 Å². The molecule has 1 saturated heterocycles. The number of ether oxygens (including phenoxy) is 1. The lowest BCUT2D eigenvalue weighted by Crippen LogP contribution is -2.14. The number of nitrogens with one attached hydrogen (secondary N) is 1. The van der Waals surface area contributed by atoms with Crippen molar-refractivity contribution in [2.45, 2.75) is 56.8 Å². The van der Waals surface area contributed by atoms with E-state index in [4.69, 9.17) is 9.72 Å². The van der Waals surface area contributed by atoms with Crippen LogP contribution in [0.1, 0.15) is 68.0 Å². The Kier molecular flexibility index (Phi) is 3.55. The molecule has 1 aliphatic heterocycles. The third kappa shape index (κ3) is 2.34. The van der Waals surface area contributed by atoms with E-state index in [1.165, 1.54) is 48.9 Å². The second kappa shape index (κ2) is 5.88. The summed E-state index contributed by atoms with van der Waals surface area (Å²) in [6.07, 6.45) is 15.1. The van der Waals surface area contributed by atoms with Crippen molar-refractivity contribution < 1.29 is 4.74 Å². The first kappa shape index (κ1) is 14.5. The number of nitrogens with zero attached hydrogens (tertiary/aromatic N) is 3. The molecule has 2 aliphatic rings. The summed E-state index contributed by atoms with van der Waals surface area (Å²) in [6, 6.07) is 0. The van der Waals surface area contributed by atoms with E-state index < -0.39 is 0 Å². The Morgan fingerprint density at radius 2 is 1.88 bits per heavy atom. The van der Waals surface area contributed by atoms with Crippen LogP contribution >= 0.6 is 0 Å². The minimum atomic E-state index is 0.556. The smallest absolute Gasteiger partial charge is 0.156 e. The Bertz CT molecular complexity index is 853. The molecule has 1 N–H and O–H groups in total. The predicted octanol–water partition coefficient (Wildman–Crippen LogP) is 4.15. The predicted molar refractivity (Wildman–Crippen MR) is 93.5 cm³/mol. The van der Waals surface area contributed by atoms with E-state index >= 15 is 0 Å². The molecular weight excluding hydrogens is 300 g/mol. The van der Waals surface area contributed by atoms with Crippen LogP contribution < -0.4 is 0 Å². The average molecular weight is 324 g/mol. The topological polar surface area (TPSA) is 55.2 Å². The number of aromatic nitrogens is 4. The van der Waals surface area contributed by atoms with Gasteiger partial charge in [-0.1, -0.05) is 19.3 Å². The van der Waals surface area contributed by atoms with Crippen molar-refractivity contribution in [1.29, 1.82) is 0 Å². The molecule has 3 aromatic rings. The van der Waals surface area contributed by atoms with E-state index in [9.17, 15) is 0 Å². The molecule has 1 saturated carbocycles. The van der Waals surface area contributed by atoms with Crippen LogP contribution in [0.15, 0.2) is 18.6 Å². The lowest BCUT2D eigenvalue weighted by Gasteiger charge is -2.21. The zero-order valence-corrected chi connectivity index (χ0v) is 14.0. The summed E-state index contributed by atoms with van der Waals surface area (Å²) in [6.45, 7) is 1.72. The molecule has 0 atom stereocenters. The maximum atomic E-state index is 5.54. The van der Waals surface area contributed by atoms with Crippen molar-refractivity contribution in [2.24, 2.45) is 0 Å². The number of hydrogen-bond donors (Lipinski definition) is 1. The highest BCUT2D eigenvalue weighted by Gasteiger charge is 2.23. The lowest BCUT2D eigenvalue weighted by molar-refractivity contribution is 0.0856. The highest BCUT2D eigenvalue weighted by molar-refractivity contribution is 5.79. The van der Waals surface area contributed by atoms with Gasteiger partial charge in [0.1, 0.15) is 0 Å². The van der Waals surface area contributed by atoms with E-state index in [0.717, 1.165) is 37.3 Å². The minimum absolute atomic E-state index is 0.556. The van der Waals surface area contributed by atoms with Crippen molar-refractivity contribution in [2.75, 3.05) is 13.2 Å². The Morgan fingerprint density at radius 1 is 1.04 bits per heavy atom. The van der Waals surface area contributed by atoms with E-state index in [2.05, 4.69) is 26.8 Å². The van der Waals surface area contributed by atoms with Gasteiger partial charge < -0.3 is 9.72 Å². The SMILES string of the molecule is c1[nH]c2ncc3nc(C4CCCCC4)cn3c2c1C1CCOCC1. The minimum Gasteiger partial charge on any atom is -0.381 e. The first-order valence-corrected chi connectivity index (χ1v) is 9.33. The maximum absolute atomic E-state index is 5.54. The normalized spacial score (nSPS) is 21.0. The second-order valence-electron chi connectivity index (χ2n) is 7.31. The monoisotopic (exact) mass is 324 g/mol. The van der Waals surface area contributed by atoms with E-state index in [0.29, 0.717) is 11.8 Å². The summed E-state index contributed by atoms with van der Waals surface area (Å²) in [5, 5.41) is 0. The van der Waals surface area contributed by atoms with Crippen molar-refractivity contribution >= 4 is 16.8 Å².